The lowest BCUT2D eigenvalue weighted by atomic mass is 10.1. The van der Waals surface area contributed by atoms with Gasteiger partial charge in [-0.2, -0.15) is 9.29 Å². The molecule has 2 aromatic heterocycles. The van der Waals surface area contributed by atoms with E-state index in [0.29, 0.717) is 40.8 Å². The summed E-state index contributed by atoms with van der Waals surface area (Å²) in [6.07, 6.45) is 5.29. The first-order chi connectivity index (χ1) is 17.9. The highest BCUT2D eigenvalue weighted by Crippen LogP contribution is 2.27. The van der Waals surface area contributed by atoms with Crippen molar-refractivity contribution in [1.82, 2.24) is 24.7 Å². The zero-order valence-corrected chi connectivity index (χ0v) is 21.3. The van der Waals surface area contributed by atoms with E-state index >= 15 is 0 Å². The summed E-state index contributed by atoms with van der Waals surface area (Å²) in [5.41, 5.74) is 2.19. The lowest BCUT2D eigenvalue weighted by Crippen LogP contribution is -2.48. The number of nitrogens with one attached hydrogen (secondary N) is 1. The third-order valence-corrected chi connectivity index (χ3v) is 8.30. The number of rotatable bonds is 7. The number of carbonyl (C=O) groups is 1. The van der Waals surface area contributed by atoms with Gasteiger partial charge in [-0.05, 0) is 73.4 Å². The van der Waals surface area contributed by atoms with Gasteiger partial charge in [-0.15, -0.1) is 0 Å². The molecule has 9 nitrogen and oxygen atoms in total. The van der Waals surface area contributed by atoms with Gasteiger partial charge in [0.25, 0.3) is 5.89 Å². The smallest absolute Gasteiger partial charge is 0.258 e. The topological polar surface area (TPSA) is 118 Å². The van der Waals surface area contributed by atoms with E-state index in [-0.39, 0.29) is 17.3 Å². The Bertz CT molecular complexity index is 1480. The summed E-state index contributed by atoms with van der Waals surface area (Å²) in [6.45, 7) is 0.556. The van der Waals surface area contributed by atoms with Crippen LogP contribution in [0.1, 0.15) is 24.8 Å². The van der Waals surface area contributed by atoms with Crippen molar-refractivity contribution in [2.75, 3.05) is 6.54 Å². The fourth-order valence-corrected chi connectivity index (χ4v) is 5.93. The molecule has 0 saturated carbocycles. The summed E-state index contributed by atoms with van der Waals surface area (Å²) >= 11 is 5.97. The molecule has 1 atom stereocenters. The molecule has 0 radical (unpaired) electrons. The second kappa shape index (κ2) is 10.8. The number of benzene rings is 2. The number of hydrogen-bond donors (Lipinski definition) is 1. The first kappa shape index (κ1) is 25.1. The Morgan fingerprint density at radius 3 is 2.43 bits per heavy atom. The number of sulfonamides is 1. The zero-order valence-electron chi connectivity index (χ0n) is 19.7. The van der Waals surface area contributed by atoms with Gasteiger partial charge in [0.15, 0.2) is 0 Å². The minimum atomic E-state index is -3.99. The van der Waals surface area contributed by atoms with Crippen molar-refractivity contribution in [3.8, 4) is 22.8 Å². The van der Waals surface area contributed by atoms with E-state index in [4.69, 9.17) is 16.1 Å². The van der Waals surface area contributed by atoms with E-state index < -0.39 is 16.1 Å². The highest BCUT2D eigenvalue weighted by molar-refractivity contribution is 7.89. The molecule has 4 aromatic rings. The quantitative estimate of drug-likeness (QED) is 0.373. The average Bonchev–Trinajstić information content (AvgIpc) is 3.32. The van der Waals surface area contributed by atoms with Crippen LogP contribution in [0.4, 0.5) is 0 Å². The summed E-state index contributed by atoms with van der Waals surface area (Å²) < 4.78 is 34.1. The first-order valence-corrected chi connectivity index (χ1v) is 13.6. The van der Waals surface area contributed by atoms with Crippen molar-refractivity contribution in [3.05, 3.63) is 83.6 Å². The largest absolute Gasteiger partial charge is 0.355 e. The van der Waals surface area contributed by atoms with Gasteiger partial charge >= 0.3 is 0 Å². The van der Waals surface area contributed by atoms with Gasteiger partial charge < -0.3 is 9.84 Å². The van der Waals surface area contributed by atoms with Crippen LogP contribution in [0, 0.1) is 0 Å². The fraction of sp³-hybridized carbons (Fsp3) is 0.231. The standard InChI is InChI=1S/C26H24ClN5O4S/c27-21-8-10-22(11-9-21)37(34,35)32(23-3-1-2-14-29-25(23)33)17-18-4-6-20(7-5-18)26-30-24(31-36-26)19-12-15-28-16-13-19/h4-13,15-16,23H,1-3,14,17H2,(H,29,33)/t23-/m1/s1. The Morgan fingerprint density at radius 1 is 0.973 bits per heavy atom. The lowest BCUT2D eigenvalue weighted by Gasteiger charge is -2.29. The second-order valence-electron chi connectivity index (χ2n) is 8.66. The molecule has 1 saturated heterocycles. The van der Waals surface area contributed by atoms with Crippen LogP contribution in [0.15, 0.2) is 82.5 Å². The van der Waals surface area contributed by atoms with Crippen molar-refractivity contribution in [1.29, 1.82) is 0 Å². The highest BCUT2D eigenvalue weighted by atomic mass is 35.5. The molecule has 3 heterocycles. The molecule has 1 fully saturated rings. The van der Waals surface area contributed by atoms with Crippen LogP contribution in [0.5, 0.6) is 0 Å². The predicted octanol–water partition coefficient (Wildman–Crippen LogP) is 4.31. The van der Waals surface area contributed by atoms with Crippen molar-refractivity contribution in [2.45, 2.75) is 36.7 Å². The number of hydrogen-bond acceptors (Lipinski definition) is 7. The molecule has 1 amide bonds. The van der Waals surface area contributed by atoms with Gasteiger partial charge in [-0.25, -0.2) is 8.42 Å². The molecule has 1 aliphatic heterocycles. The van der Waals surface area contributed by atoms with Crippen LogP contribution >= 0.6 is 11.6 Å². The summed E-state index contributed by atoms with van der Waals surface area (Å²) in [5.74, 6) is 0.495. The number of carbonyl (C=O) groups excluding carboxylic acids is 1. The minimum absolute atomic E-state index is 0.0232. The number of aromatic nitrogens is 3. The first-order valence-electron chi connectivity index (χ1n) is 11.8. The van der Waals surface area contributed by atoms with E-state index in [1.165, 1.54) is 28.6 Å². The van der Waals surface area contributed by atoms with Crippen molar-refractivity contribution in [3.63, 3.8) is 0 Å². The molecular weight excluding hydrogens is 514 g/mol. The maximum Gasteiger partial charge on any atom is 0.258 e. The molecule has 5 rings (SSSR count). The van der Waals surface area contributed by atoms with Crippen LogP contribution in [0.3, 0.4) is 0 Å². The third kappa shape index (κ3) is 5.56. The lowest BCUT2D eigenvalue weighted by molar-refractivity contribution is -0.124. The van der Waals surface area contributed by atoms with Crippen LogP contribution in [-0.4, -0.2) is 46.3 Å². The Hall–Kier alpha value is -3.60. The molecule has 11 heteroatoms. The van der Waals surface area contributed by atoms with E-state index in [2.05, 4.69) is 20.4 Å². The summed E-state index contributed by atoms with van der Waals surface area (Å²) in [5, 5.41) is 7.30. The van der Waals surface area contributed by atoms with Crippen LogP contribution < -0.4 is 5.32 Å². The van der Waals surface area contributed by atoms with E-state index in [0.717, 1.165) is 18.4 Å². The molecule has 0 aliphatic carbocycles. The molecule has 1 N–H and O–H groups in total. The Morgan fingerprint density at radius 2 is 1.70 bits per heavy atom. The summed E-state index contributed by atoms with van der Waals surface area (Å²) in [7, 11) is -3.99. The number of halogens is 1. The Kier molecular flexibility index (Phi) is 7.31. The molecule has 0 bridgehead atoms. The maximum atomic E-state index is 13.7. The maximum absolute atomic E-state index is 13.7. The summed E-state index contributed by atoms with van der Waals surface area (Å²) in [4.78, 5) is 21.4. The molecule has 0 spiro atoms. The van der Waals surface area contributed by atoms with Crippen LogP contribution in [-0.2, 0) is 21.4 Å². The molecule has 190 valence electrons. The Labute approximate surface area is 219 Å². The van der Waals surface area contributed by atoms with E-state index in [1.807, 2.05) is 0 Å². The van der Waals surface area contributed by atoms with Gasteiger partial charge in [0.2, 0.25) is 21.8 Å². The molecule has 37 heavy (non-hydrogen) atoms. The monoisotopic (exact) mass is 537 g/mol. The highest BCUT2D eigenvalue weighted by Gasteiger charge is 2.36. The summed E-state index contributed by atoms with van der Waals surface area (Å²) in [6, 6.07) is 15.9. The molecule has 0 unspecified atom stereocenters. The van der Waals surface area contributed by atoms with Crippen LogP contribution in [0.25, 0.3) is 22.8 Å². The number of amides is 1. The predicted molar refractivity (Wildman–Crippen MR) is 138 cm³/mol. The average molecular weight is 538 g/mol. The molecule has 1 aliphatic rings. The van der Waals surface area contributed by atoms with Gasteiger partial charge in [-0.1, -0.05) is 28.9 Å². The van der Waals surface area contributed by atoms with Gasteiger partial charge in [0.1, 0.15) is 6.04 Å². The van der Waals surface area contributed by atoms with Crippen molar-refractivity contribution < 1.29 is 17.7 Å². The molecular formula is C26H24ClN5O4S. The number of nitrogens with zero attached hydrogens (tertiary/aromatic N) is 4. The van der Waals surface area contributed by atoms with E-state index in [1.54, 1.807) is 48.8 Å². The van der Waals surface area contributed by atoms with E-state index in [9.17, 15) is 13.2 Å². The third-order valence-electron chi connectivity index (χ3n) is 6.18. The van der Waals surface area contributed by atoms with Crippen molar-refractivity contribution >= 4 is 27.5 Å². The zero-order chi connectivity index (χ0) is 25.8. The van der Waals surface area contributed by atoms with Crippen LogP contribution in [0.2, 0.25) is 5.02 Å². The minimum Gasteiger partial charge on any atom is -0.355 e. The van der Waals surface area contributed by atoms with Gasteiger partial charge in [0, 0.05) is 41.6 Å². The van der Waals surface area contributed by atoms with Gasteiger partial charge in [-0.3, -0.25) is 9.78 Å². The normalized spacial score (nSPS) is 16.4. The van der Waals surface area contributed by atoms with Crippen molar-refractivity contribution in [2.24, 2.45) is 0 Å². The SMILES string of the molecule is O=C1NCCCC[C@H]1N(Cc1ccc(-c2nc(-c3ccncc3)no2)cc1)S(=O)(=O)c1ccc(Cl)cc1. The second-order valence-corrected chi connectivity index (χ2v) is 11.0. The van der Waals surface area contributed by atoms with Gasteiger partial charge in [0.05, 0.1) is 4.90 Å². The number of pyridine rings is 1. The Balaban J connectivity index is 1.43. The molecule has 2 aromatic carbocycles. The fourth-order valence-electron chi connectivity index (χ4n) is 4.19.